The number of nitrogens with one attached hydrogen (secondary N) is 2. The highest BCUT2D eigenvalue weighted by Crippen LogP contribution is 2.34. The van der Waals surface area contributed by atoms with E-state index in [0.717, 1.165) is 55.5 Å². The molecule has 1 aliphatic rings. The second-order valence-corrected chi connectivity index (χ2v) is 8.57. The highest BCUT2D eigenvalue weighted by molar-refractivity contribution is 7.19. The van der Waals surface area contributed by atoms with Gasteiger partial charge in [0, 0.05) is 26.7 Å². The third-order valence-electron chi connectivity index (χ3n) is 5.08. The standard InChI is InChI=1S/C20H23F2N7OS/c1-11-8-24-6-7-29(10-11)20-14(9-25-28(20)2)26-18(30)16-17(23)31-19(27-16)15-12(21)4-3-5-13(15)22/h3-5,9,11,24H,6-8,10,23H2,1-2H3,(H,26,30)/t11-/m1/s1. The van der Waals surface area contributed by atoms with Crippen molar-refractivity contribution in [2.75, 3.05) is 42.1 Å². The van der Waals surface area contributed by atoms with E-state index in [1.54, 1.807) is 10.9 Å². The smallest absolute Gasteiger partial charge is 0.277 e. The second kappa shape index (κ2) is 8.60. The van der Waals surface area contributed by atoms with Crippen molar-refractivity contribution < 1.29 is 13.6 Å². The van der Waals surface area contributed by atoms with Gasteiger partial charge in [-0.3, -0.25) is 9.48 Å². The van der Waals surface area contributed by atoms with E-state index in [-0.39, 0.29) is 21.3 Å². The molecule has 4 rings (SSSR count). The van der Waals surface area contributed by atoms with Crippen LogP contribution in [0.4, 0.5) is 25.3 Å². The summed E-state index contributed by atoms with van der Waals surface area (Å²) in [5, 5.41) is 10.6. The normalized spacial score (nSPS) is 16.9. The number of amides is 1. The van der Waals surface area contributed by atoms with Gasteiger partial charge in [-0.05, 0) is 24.6 Å². The molecular weight excluding hydrogens is 424 g/mol. The first-order valence-electron chi connectivity index (χ1n) is 9.84. The molecule has 1 aliphatic heterocycles. The van der Waals surface area contributed by atoms with Crippen LogP contribution in [-0.4, -0.2) is 46.9 Å². The molecule has 1 fully saturated rings. The third-order valence-corrected chi connectivity index (χ3v) is 5.99. The monoisotopic (exact) mass is 447 g/mol. The van der Waals surface area contributed by atoms with E-state index >= 15 is 0 Å². The van der Waals surface area contributed by atoms with Gasteiger partial charge in [-0.15, -0.1) is 0 Å². The van der Waals surface area contributed by atoms with Crippen molar-refractivity contribution in [1.82, 2.24) is 20.1 Å². The van der Waals surface area contributed by atoms with Crippen molar-refractivity contribution >= 4 is 33.8 Å². The van der Waals surface area contributed by atoms with E-state index in [2.05, 4.69) is 32.5 Å². The van der Waals surface area contributed by atoms with Crippen molar-refractivity contribution in [1.29, 1.82) is 0 Å². The molecule has 1 amide bonds. The van der Waals surface area contributed by atoms with Gasteiger partial charge < -0.3 is 21.3 Å². The highest BCUT2D eigenvalue weighted by atomic mass is 32.1. The van der Waals surface area contributed by atoms with Crippen LogP contribution in [0.25, 0.3) is 10.6 Å². The van der Waals surface area contributed by atoms with Crippen LogP contribution >= 0.6 is 11.3 Å². The molecule has 0 bridgehead atoms. The number of nitrogens with two attached hydrogens (primary N) is 1. The Kier molecular flexibility index (Phi) is 5.88. The zero-order chi connectivity index (χ0) is 22.1. The lowest BCUT2D eigenvalue weighted by Gasteiger charge is -2.25. The van der Waals surface area contributed by atoms with Crippen LogP contribution in [0, 0.1) is 17.6 Å². The van der Waals surface area contributed by atoms with E-state index in [9.17, 15) is 13.6 Å². The Morgan fingerprint density at radius 2 is 2.10 bits per heavy atom. The lowest BCUT2D eigenvalue weighted by Crippen LogP contribution is -2.32. The first-order valence-corrected chi connectivity index (χ1v) is 10.7. The number of carbonyl (C=O) groups excluding carboxylic acids is 1. The van der Waals surface area contributed by atoms with Gasteiger partial charge in [-0.2, -0.15) is 5.10 Å². The quantitative estimate of drug-likeness (QED) is 0.569. The zero-order valence-electron chi connectivity index (χ0n) is 17.2. The fourth-order valence-corrected chi connectivity index (χ4v) is 4.54. The molecule has 1 aromatic carbocycles. The van der Waals surface area contributed by atoms with Crippen LogP contribution in [0.1, 0.15) is 17.4 Å². The predicted octanol–water partition coefficient (Wildman–Crippen LogP) is 2.70. The number of benzene rings is 1. The summed E-state index contributed by atoms with van der Waals surface area (Å²) in [7, 11) is 1.81. The van der Waals surface area contributed by atoms with Crippen molar-refractivity contribution in [2.24, 2.45) is 13.0 Å². The topological polar surface area (TPSA) is 101 Å². The molecule has 1 atom stereocenters. The minimum Gasteiger partial charge on any atom is -0.389 e. The summed E-state index contributed by atoms with van der Waals surface area (Å²) in [5.41, 5.74) is 6.11. The number of aromatic nitrogens is 3. The third kappa shape index (κ3) is 4.23. The van der Waals surface area contributed by atoms with E-state index < -0.39 is 17.5 Å². The fraction of sp³-hybridized carbons (Fsp3) is 0.350. The average molecular weight is 448 g/mol. The Balaban J connectivity index is 1.61. The molecule has 0 spiro atoms. The Morgan fingerprint density at radius 3 is 2.84 bits per heavy atom. The number of anilines is 3. The molecule has 11 heteroatoms. The lowest BCUT2D eigenvalue weighted by atomic mass is 10.2. The number of carbonyl (C=O) groups is 1. The molecule has 8 nitrogen and oxygen atoms in total. The summed E-state index contributed by atoms with van der Waals surface area (Å²) in [4.78, 5) is 19.2. The SMILES string of the molecule is C[C@@H]1CNCCN(c2c(NC(=O)c3nc(-c4c(F)cccc4F)sc3N)cnn2C)C1. The minimum absolute atomic E-state index is 0.0112. The van der Waals surface area contributed by atoms with Gasteiger partial charge >= 0.3 is 0 Å². The van der Waals surface area contributed by atoms with Crippen LogP contribution in [0.15, 0.2) is 24.4 Å². The number of rotatable bonds is 4. The highest BCUT2D eigenvalue weighted by Gasteiger charge is 2.25. The first kappa shape index (κ1) is 21.2. The van der Waals surface area contributed by atoms with Crippen molar-refractivity contribution in [2.45, 2.75) is 6.92 Å². The number of nitrogen functional groups attached to an aromatic ring is 1. The molecule has 31 heavy (non-hydrogen) atoms. The molecular formula is C20H23F2N7OS. The predicted molar refractivity (Wildman–Crippen MR) is 117 cm³/mol. The lowest BCUT2D eigenvalue weighted by molar-refractivity contribution is 0.102. The van der Waals surface area contributed by atoms with E-state index in [1.807, 2.05) is 7.05 Å². The summed E-state index contributed by atoms with van der Waals surface area (Å²) >= 11 is 0.862. The zero-order valence-corrected chi connectivity index (χ0v) is 18.0. The number of nitrogens with zero attached hydrogens (tertiary/aromatic N) is 4. The summed E-state index contributed by atoms with van der Waals surface area (Å²) < 4.78 is 29.9. The number of halogens is 2. The fourth-order valence-electron chi connectivity index (χ4n) is 3.67. The van der Waals surface area contributed by atoms with E-state index in [4.69, 9.17) is 5.73 Å². The second-order valence-electron chi connectivity index (χ2n) is 7.54. The van der Waals surface area contributed by atoms with Gasteiger partial charge in [-0.1, -0.05) is 24.3 Å². The van der Waals surface area contributed by atoms with Crippen LogP contribution in [0.2, 0.25) is 0 Å². The van der Waals surface area contributed by atoms with Crippen molar-refractivity contribution in [3.8, 4) is 10.6 Å². The Hall–Kier alpha value is -3.05. The number of hydrogen-bond acceptors (Lipinski definition) is 7. The molecule has 0 saturated carbocycles. The summed E-state index contributed by atoms with van der Waals surface area (Å²) in [6.07, 6.45) is 1.57. The maximum Gasteiger partial charge on any atom is 0.277 e. The molecule has 164 valence electrons. The molecule has 3 heterocycles. The van der Waals surface area contributed by atoms with Crippen LogP contribution in [0.5, 0.6) is 0 Å². The van der Waals surface area contributed by atoms with Crippen LogP contribution in [0.3, 0.4) is 0 Å². The summed E-state index contributed by atoms with van der Waals surface area (Å²) in [6, 6.07) is 3.53. The summed E-state index contributed by atoms with van der Waals surface area (Å²) in [6.45, 7) is 5.47. The Labute approximate surface area is 182 Å². The maximum absolute atomic E-state index is 14.1. The minimum atomic E-state index is -0.765. The number of aryl methyl sites for hydroxylation is 1. The summed E-state index contributed by atoms with van der Waals surface area (Å²) in [5.74, 6) is -0.892. The Morgan fingerprint density at radius 1 is 1.35 bits per heavy atom. The van der Waals surface area contributed by atoms with E-state index in [0.29, 0.717) is 11.6 Å². The van der Waals surface area contributed by atoms with E-state index in [1.165, 1.54) is 6.07 Å². The molecule has 4 N–H and O–H groups in total. The largest absolute Gasteiger partial charge is 0.389 e. The van der Waals surface area contributed by atoms with Crippen LogP contribution in [-0.2, 0) is 7.05 Å². The molecule has 3 aromatic rings. The molecule has 0 radical (unpaired) electrons. The average Bonchev–Trinajstić information content (AvgIpc) is 3.18. The number of hydrogen-bond donors (Lipinski definition) is 3. The number of thiazole rings is 1. The Bertz CT molecular complexity index is 1090. The van der Waals surface area contributed by atoms with Gasteiger partial charge in [0.1, 0.15) is 27.3 Å². The molecule has 2 aromatic heterocycles. The van der Waals surface area contributed by atoms with Gasteiger partial charge in [0.2, 0.25) is 0 Å². The first-order chi connectivity index (χ1) is 14.8. The molecule has 1 saturated heterocycles. The van der Waals surface area contributed by atoms with Gasteiger partial charge in [0.15, 0.2) is 11.5 Å². The maximum atomic E-state index is 14.1. The van der Waals surface area contributed by atoms with Gasteiger partial charge in [-0.25, -0.2) is 13.8 Å². The molecule has 0 unspecified atom stereocenters. The van der Waals surface area contributed by atoms with Gasteiger partial charge in [0.05, 0.1) is 11.8 Å². The van der Waals surface area contributed by atoms with Crippen molar-refractivity contribution in [3.63, 3.8) is 0 Å². The molecule has 0 aliphatic carbocycles. The van der Waals surface area contributed by atoms with Crippen LogP contribution < -0.4 is 21.3 Å². The van der Waals surface area contributed by atoms with Gasteiger partial charge in [0.25, 0.3) is 5.91 Å². The van der Waals surface area contributed by atoms with Crippen molar-refractivity contribution in [3.05, 3.63) is 41.7 Å².